The van der Waals surface area contributed by atoms with Crippen molar-refractivity contribution >= 4 is 116 Å². The minimum absolute atomic E-state index is 0.0460. The van der Waals surface area contributed by atoms with E-state index in [1.807, 2.05) is 11.0 Å². The lowest BCUT2D eigenvalue weighted by Gasteiger charge is -2.38. The van der Waals surface area contributed by atoms with Crippen molar-refractivity contribution in [2.75, 3.05) is 22.9 Å². The fourth-order valence-electron chi connectivity index (χ4n) is 11.7. The number of hydrogen-bond donors (Lipinski definition) is 1. The third-order valence-corrected chi connectivity index (χ3v) is 18.2. The molecule has 7 aliphatic rings. The maximum absolute atomic E-state index is 13.7. The number of Topliss-reactive ketones (excluding diaryl/α,β-unsaturated/α-hetero) is 4. The topological polar surface area (TPSA) is 157 Å². The number of allylic oxidation sites excluding steroid dienone is 4. The molecule has 0 bridgehead atoms. The molecule has 3 fully saturated rings. The Bertz CT molecular complexity index is 3110. The maximum Gasteiger partial charge on any atom is 0.334 e. The van der Waals surface area contributed by atoms with Crippen molar-refractivity contribution in [1.29, 1.82) is 0 Å². The van der Waals surface area contributed by atoms with Crippen LogP contribution in [0.5, 0.6) is 17.2 Å². The fourth-order valence-corrected chi connectivity index (χ4v) is 12.7. The molecule has 0 spiro atoms. The second-order valence-electron chi connectivity index (χ2n) is 22.9. The van der Waals surface area contributed by atoms with Gasteiger partial charge in [0.25, 0.3) is 5.91 Å². The van der Waals surface area contributed by atoms with Gasteiger partial charge in [-0.15, -0.1) is 0 Å². The van der Waals surface area contributed by atoms with E-state index < -0.39 is 5.97 Å². The van der Waals surface area contributed by atoms with Crippen LogP contribution in [-0.4, -0.2) is 59.2 Å². The number of aliphatic carboxylic acids is 1. The summed E-state index contributed by atoms with van der Waals surface area (Å²) in [6.45, 7) is 8.58. The zero-order valence-corrected chi connectivity index (χ0v) is 54.1. The second-order valence-corrected chi connectivity index (χ2v) is 25.5. The molecular weight excluding hydrogens is 1220 g/mol. The third-order valence-electron chi connectivity index (χ3n) is 16.5. The summed E-state index contributed by atoms with van der Waals surface area (Å²) in [5.41, 5.74) is 4.02. The standard InChI is InChI=1S/C24H24Cl2N2O2.C14H14Cl2O2.C13H12Cl2O3.C9H16O.C8H12O2/c25-16-9-12-19(26)23(15-16)30-22-8-4-1-5-18(22)24(29)28-14-13-27(17-10-11-17)20-6-2-3-7-21(20)28;1-9(17)11-4-2-3-5-13(11)18-14-8-10(15)6-7-12(14)16;14-8-5-6-10(15)12(7-8)18-11-4-2-1-3-9(11)13(16)17;1-7-5-3-4-6-9(7)8(2)10;1-6(9)7-4-2-3-5-8(7)10/h2-3,6-7,9,12,15,17H,1,4-5,8,10-11,13-14H2;6-8H,2-5H2,1H3;5-7H,1-4H2,(H,16,17);7,9H,3-6H2,1-2H3;7H,2-5H2,1H3. The molecular formula is C68H78Cl6N2O10. The highest BCUT2D eigenvalue weighted by molar-refractivity contribution is 6.35. The Morgan fingerprint density at radius 3 is 1.37 bits per heavy atom. The Hall–Kier alpha value is -5.34. The van der Waals surface area contributed by atoms with Crippen molar-refractivity contribution in [1.82, 2.24) is 0 Å². The van der Waals surface area contributed by atoms with Crippen molar-refractivity contribution in [3.63, 3.8) is 0 Å². The summed E-state index contributed by atoms with van der Waals surface area (Å²) in [5, 5.41) is 12.2. The average molecular weight is 1300 g/mol. The van der Waals surface area contributed by atoms with Gasteiger partial charge in [0.2, 0.25) is 0 Å². The van der Waals surface area contributed by atoms with Crippen molar-refractivity contribution in [3.05, 3.63) is 143 Å². The smallest absolute Gasteiger partial charge is 0.334 e. The summed E-state index contributed by atoms with van der Waals surface area (Å²) in [5.74, 6) is 3.92. The van der Waals surface area contributed by atoms with E-state index >= 15 is 0 Å². The number of para-hydroxylation sites is 2. The van der Waals surface area contributed by atoms with E-state index in [1.165, 1.54) is 39.0 Å². The van der Waals surface area contributed by atoms with Crippen molar-refractivity contribution in [3.8, 4) is 17.2 Å². The molecule has 86 heavy (non-hydrogen) atoms. The number of carboxylic acid groups (broad SMARTS) is 1. The van der Waals surface area contributed by atoms with E-state index in [0.29, 0.717) is 108 Å². The number of anilines is 2. The van der Waals surface area contributed by atoms with E-state index in [-0.39, 0.29) is 29.2 Å². The zero-order valence-electron chi connectivity index (χ0n) is 49.6. The predicted octanol–water partition coefficient (Wildman–Crippen LogP) is 19.0. The van der Waals surface area contributed by atoms with Gasteiger partial charge >= 0.3 is 5.97 Å². The number of carbonyl (C=O) groups is 6. The van der Waals surface area contributed by atoms with Gasteiger partial charge in [-0.3, -0.25) is 24.0 Å². The lowest BCUT2D eigenvalue weighted by molar-refractivity contribution is -0.134. The Morgan fingerprint density at radius 1 is 0.488 bits per heavy atom. The van der Waals surface area contributed by atoms with Crippen molar-refractivity contribution < 1.29 is 48.1 Å². The highest BCUT2D eigenvalue weighted by atomic mass is 35.5. The molecule has 1 N–H and O–H groups in total. The molecule has 11 rings (SSSR count). The first kappa shape index (κ1) is 68.2. The third kappa shape index (κ3) is 19.6. The number of amides is 1. The number of ketones is 4. The first-order chi connectivity index (χ1) is 41.2. The van der Waals surface area contributed by atoms with Crippen LogP contribution in [0.2, 0.25) is 30.1 Å². The van der Waals surface area contributed by atoms with Gasteiger partial charge in [0, 0.05) is 89.6 Å². The average Bonchev–Trinajstić information content (AvgIpc) is 2.67. The van der Waals surface area contributed by atoms with E-state index in [4.69, 9.17) is 88.9 Å². The number of hydrogen-bond acceptors (Lipinski definition) is 10. The Labute approximate surface area is 536 Å². The van der Waals surface area contributed by atoms with Gasteiger partial charge in [-0.2, -0.15) is 0 Å². The van der Waals surface area contributed by atoms with Crippen molar-refractivity contribution in [2.45, 2.75) is 175 Å². The van der Waals surface area contributed by atoms with Crippen LogP contribution in [0.1, 0.15) is 169 Å². The van der Waals surface area contributed by atoms with Crippen molar-refractivity contribution in [2.24, 2.45) is 17.8 Å². The largest absolute Gasteiger partial charge is 0.478 e. The van der Waals surface area contributed by atoms with Gasteiger partial charge in [-0.25, -0.2) is 4.79 Å². The lowest BCUT2D eigenvalue weighted by atomic mass is 9.78. The van der Waals surface area contributed by atoms with E-state index in [2.05, 4.69) is 30.0 Å². The molecule has 0 radical (unpaired) electrons. The highest BCUT2D eigenvalue weighted by Crippen LogP contribution is 2.43. The van der Waals surface area contributed by atoms with Gasteiger partial charge < -0.3 is 29.1 Å². The number of ether oxygens (including phenoxy) is 3. The fraction of sp³-hybridized carbons (Fsp3) is 0.471. The summed E-state index contributed by atoms with van der Waals surface area (Å²) in [6, 6.07) is 24.0. The number of halogens is 6. The number of carbonyl (C=O) groups excluding carboxylic acids is 5. The maximum atomic E-state index is 13.7. The molecule has 0 aromatic heterocycles. The summed E-state index contributed by atoms with van der Waals surface area (Å²) in [7, 11) is 0. The number of carboxylic acids is 1. The van der Waals surface area contributed by atoms with Gasteiger partial charge in [0.15, 0.2) is 5.78 Å². The molecule has 1 amide bonds. The van der Waals surface area contributed by atoms with Crippen LogP contribution in [0.15, 0.2) is 113 Å². The molecule has 0 saturated heterocycles. The molecule has 4 aromatic carbocycles. The number of fused-ring (bicyclic) bond motifs is 1. The lowest BCUT2D eigenvalue weighted by Crippen LogP contribution is -2.45. The summed E-state index contributed by atoms with van der Waals surface area (Å²) in [4.78, 5) is 73.5. The van der Waals surface area contributed by atoms with E-state index in [1.54, 1.807) is 68.4 Å². The number of rotatable bonds is 12. The van der Waals surface area contributed by atoms with Gasteiger partial charge in [0.05, 0.1) is 43.5 Å². The molecule has 3 atom stereocenters. The molecule has 1 aliphatic heterocycles. The SMILES string of the molecule is CC(=O)C1=C(Oc2cc(Cl)ccc2Cl)CCCC1.CC(=O)C1CCCCC1=O.CC(=O)C1CCCCC1C.O=C(C1=C(Oc2cc(Cl)ccc2Cl)CCCC1)N1CCN(C2CC2)c2ccccc21.O=C(O)C1=C(Oc2cc(Cl)ccc2Cl)CCCC1. The Balaban J connectivity index is 0.000000164. The number of benzene rings is 4. The Kier molecular flexibility index (Phi) is 26.4. The minimum atomic E-state index is -0.928. The first-order valence-electron chi connectivity index (χ1n) is 30.2. The molecule has 3 saturated carbocycles. The van der Waals surface area contributed by atoms with Crippen LogP contribution in [0, 0.1) is 17.8 Å². The van der Waals surface area contributed by atoms with Gasteiger partial charge in [-0.05, 0) is 165 Å². The molecule has 12 nitrogen and oxygen atoms in total. The Morgan fingerprint density at radius 2 is 0.930 bits per heavy atom. The minimum Gasteiger partial charge on any atom is -0.478 e. The molecule has 3 unspecified atom stereocenters. The quantitative estimate of drug-likeness (QED) is 0.135. The number of nitrogens with zero attached hydrogens (tertiary/aromatic N) is 2. The van der Waals surface area contributed by atoms with Crippen LogP contribution < -0.4 is 24.0 Å². The van der Waals surface area contributed by atoms with Crippen LogP contribution >= 0.6 is 69.6 Å². The summed E-state index contributed by atoms with van der Waals surface area (Å²) >= 11 is 36.2. The summed E-state index contributed by atoms with van der Waals surface area (Å²) in [6.07, 6.45) is 20.9. The normalized spacial score (nSPS) is 20.2. The van der Waals surface area contributed by atoms with Gasteiger partial charge in [-0.1, -0.05) is 114 Å². The zero-order chi connectivity index (χ0) is 62.0. The predicted molar refractivity (Wildman–Crippen MR) is 345 cm³/mol. The second kappa shape index (κ2) is 33.3. The highest BCUT2D eigenvalue weighted by Gasteiger charge is 2.37. The molecule has 18 heteroatoms. The molecule has 6 aliphatic carbocycles. The van der Waals surface area contributed by atoms with Crippen LogP contribution in [0.3, 0.4) is 0 Å². The van der Waals surface area contributed by atoms with Crippen LogP contribution in [-0.2, 0) is 28.8 Å². The van der Waals surface area contributed by atoms with E-state index in [0.717, 1.165) is 130 Å². The molecule has 4 aromatic rings. The molecule has 462 valence electrons. The first-order valence-corrected chi connectivity index (χ1v) is 32.5. The van der Waals surface area contributed by atoms with E-state index in [9.17, 15) is 28.8 Å². The summed E-state index contributed by atoms with van der Waals surface area (Å²) < 4.78 is 17.6. The van der Waals surface area contributed by atoms with Crippen LogP contribution in [0.25, 0.3) is 0 Å². The van der Waals surface area contributed by atoms with Gasteiger partial charge in [0.1, 0.15) is 51.9 Å². The van der Waals surface area contributed by atoms with Crippen LogP contribution in [0.4, 0.5) is 11.4 Å². The molecule has 1 heterocycles. The monoisotopic (exact) mass is 1290 g/mol.